The largest absolute Gasteiger partial charge is 0.354 e. The molecule has 0 saturated carbocycles. The third-order valence-electron chi connectivity index (χ3n) is 5.01. The average Bonchev–Trinajstić information content (AvgIpc) is 2.69. The number of benzene rings is 2. The van der Waals surface area contributed by atoms with Gasteiger partial charge >= 0.3 is 0 Å². The van der Waals surface area contributed by atoms with Gasteiger partial charge in [-0.05, 0) is 43.4 Å². The summed E-state index contributed by atoms with van der Waals surface area (Å²) in [6.45, 7) is 9.09. The Morgan fingerprint density at radius 1 is 1.00 bits per heavy atom. The zero-order valence-electron chi connectivity index (χ0n) is 17.5. The average molecular weight is 381 g/mol. The van der Waals surface area contributed by atoms with E-state index in [1.807, 2.05) is 76.2 Å². The van der Waals surface area contributed by atoms with E-state index in [0.717, 1.165) is 23.1 Å². The van der Waals surface area contributed by atoms with Gasteiger partial charge in [0.15, 0.2) is 0 Å². The molecule has 4 heteroatoms. The van der Waals surface area contributed by atoms with Crippen LogP contribution in [0.4, 0.5) is 0 Å². The maximum Gasteiger partial charge on any atom is 0.242 e. The van der Waals surface area contributed by atoms with Gasteiger partial charge in [0.2, 0.25) is 11.8 Å². The minimum atomic E-state index is -0.468. The van der Waals surface area contributed by atoms with E-state index in [4.69, 9.17) is 0 Å². The van der Waals surface area contributed by atoms with Crippen LogP contribution in [0, 0.1) is 13.8 Å². The molecule has 0 bridgehead atoms. The van der Waals surface area contributed by atoms with Crippen LogP contribution in [0.15, 0.2) is 48.5 Å². The first kappa shape index (κ1) is 21.7. The van der Waals surface area contributed by atoms with E-state index in [-0.39, 0.29) is 11.8 Å². The van der Waals surface area contributed by atoms with E-state index in [1.54, 1.807) is 4.90 Å². The highest BCUT2D eigenvalue weighted by atomic mass is 16.2. The maximum atomic E-state index is 13.3. The first-order chi connectivity index (χ1) is 13.5. The molecule has 0 aliphatic rings. The van der Waals surface area contributed by atoms with Crippen molar-refractivity contribution in [1.29, 1.82) is 0 Å². The summed E-state index contributed by atoms with van der Waals surface area (Å²) in [5.74, 6) is -0.0945. The van der Waals surface area contributed by atoms with Crippen molar-refractivity contribution in [2.24, 2.45) is 0 Å². The maximum absolute atomic E-state index is 13.3. The first-order valence-corrected chi connectivity index (χ1v) is 10.1. The number of nitrogens with one attached hydrogen (secondary N) is 1. The van der Waals surface area contributed by atoms with Crippen molar-refractivity contribution in [3.8, 4) is 0 Å². The molecule has 0 aromatic heterocycles. The van der Waals surface area contributed by atoms with Gasteiger partial charge in [0.1, 0.15) is 6.04 Å². The molecular weight excluding hydrogens is 348 g/mol. The Morgan fingerprint density at radius 3 is 2.29 bits per heavy atom. The molecular formula is C24H32N2O2. The fourth-order valence-corrected chi connectivity index (χ4v) is 3.25. The number of carbonyl (C=O) groups is 2. The lowest BCUT2D eigenvalue weighted by molar-refractivity contribution is -0.140. The molecule has 1 N–H and O–H groups in total. The molecule has 2 amide bonds. The Labute approximate surface area is 169 Å². The fourth-order valence-electron chi connectivity index (χ4n) is 3.25. The zero-order chi connectivity index (χ0) is 20.5. The van der Waals surface area contributed by atoms with Crippen molar-refractivity contribution in [3.63, 3.8) is 0 Å². The summed E-state index contributed by atoms with van der Waals surface area (Å²) in [6.07, 6.45) is 1.76. The van der Waals surface area contributed by atoms with Crippen LogP contribution in [0.5, 0.6) is 0 Å². The molecule has 0 aliphatic heterocycles. The van der Waals surface area contributed by atoms with Crippen LogP contribution in [-0.4, -0.2) is 29.3 Å². The molecule has 4 nitrogen and oxygen atoms in total. The molecule has 2 aromatic rings. The lowest BCUT2D eigenvalue weighted by Gasteiger charge is -2.31. The highest BCUT2D eigenvalue weighted by Gasteiger charge is 2.28. The number of aryl methyl sites for hydroxylation is 2. The van der Waals surface area contributed by atoms with E-state index in [2.05, 4.69) is 5.32 Å². The highest BCUT2D eigenvalue weighted by molar-refractivity contribution is 5.88. The molecule has 0 saturated heterocycles. The second-order valence-corrected chi connectivity index (χ2v) is 7.33. The van der Waals surface area contributed by atoms with Gasteiger partial charge in [-0.25, -0.2) is 0 Å². The molecule has 1 atom stereocenters. The fraction of sp³-hybridized carbons (Fsp3) is 0.417. The SMILES string of the molecule is CCCNC(=O)[C@H](CC)N(Cc1ccc(C)cc1)C(=O)Cc1ccccc1C. The summed E-state index contributed by atoms with van der Waals surface area (Å²) in [5.41, 5.74) is 4.31. The van der Waals surface area contributed by atoms with Crippen LogP contribution in [-0.2, 0) is 22.6 Å². The van der Waals surface area contributed by atoms with Crippen molar-refractivity contribution in [2.45, 2.75) is 59.5 Å². The molecule has 0 heterocycles. The van der Waals surface area contributed by atoms with Gasteiger partial charge in [0, 0.05) is 13.1 Å². The van der Waals surface area contributed by atoms with Gasteiger partial charge < -0.3 is 10.2 Å². The van der Waals surface area contributed by atoms with Crippen LogP contribution in [0.2, 0.25) is 0 Å². The molecule has 0 aliphatic carbocycles. The van der Waals surface area contributed by atoms with Crippen LogP contribution < -0.4 is 5.32 Å². The van der Waals surface area contributed by atoms with Gasteiger partial charge in [-0.1, -0.05) is 67.9 Å². The number of hydrogen-bond donors (Lipinski definition) is 1. The van der Waals surface area contributed by atoms with Crippen molar-refractivity contribution < 1.29 is 9.59 Å². The molecule has 2 rings (SSSR count). The molecule has 0 fully saturated rings. The van der Waals surface area contributed by atoms with E-state index in [1.165, 1.54) is 5.56 Å². The van der Waals surface area contributed by atoms with Gasteiger partial charge in [0.05, 0.1) is 6.42 Å². The predicted octanol–water partition coefficient (Wildman–Crippen LogP) is 4.18. The third-order valence-corrected chi connectivity index (χ3v) is 5.01. The minimum absolute atomic E-state index is 0.0200. The monoisotopic (exact) mass is 380 g/mol. The predicted molar refractivity (Wildman–Crippen MR) is 114 cm³/mol. The minimum Gasteiger partial charge on any atom is -0.354 e. The van der Waals surface area contributed by atoms with E-state index in [0.29, 0.717) is 25.9 Å². The molecule has 0 unspecified atom stereocenters. The third kappa shape index (κ3) is 5.95. The summed E-state index contributed by atoms with van der Waals surface area (Å²) in [5, 5.41) is 2.96. The van der Waals surface area contributed by atoms with E-state index < -0.39 is 6.04 Å². The summed E-state index contributed by atoms with van der Waals surface area (Å²) in [7, 11) is 0. The van der Waals surface area contributed by atoms with Crippen molar-refractivity contribution in [3.05, 3.63) is 70.8 Å². The summed E-state index contributed by atoms with van der Waals surface area (Å²) in [4.78, 5) is 27.7. The summed E-state index contributed by atoms with van der Waals surface area (Å²) < 4.78 is 0. The number of nitrogens with zero attached hydrogens (tertiary/aromatic N) is 1. The van der Waals surface area contributed by atoms with Gasteiger partial charge in [-0.2, -0.15) is 0 Å². The second-order valence-electron chi connectivity index (χ2n) is 7.33. The van der Waals surface area contributed by atoms with Crippen molar-refractivity contribution >= 4 is 11.8 Å². The number of rotatable bonds is 9. The lowest BCUT2D eigenvalue weighted by atomic mass is 10.0. The van der Waals surface area contributed by atoms with Gasteiger partial charge in [-0.15, -0.1) is 0 Å². The Kier molecular flexibility index (Phi) is 8.24. The van der Waals surface area contributed by atoms with Crippen LogP contribution >= 0.6 is 0 Å². The van der Waals surface area contributed by atoms with Gasteiger partial charge in [-0.3, -0.25) is 9.59 Å². The molecule has 2 aromatic carbocycles. The quantitative estimate of drug-likeness (QED) is 0.709. The Bertz CT molecular complexity index is 783. The number of hydrogen-bond acceptors (Lipinski definition) is 2. The van der Waals surface area contributed by atoms with E-state index in [9.17, 15) is 9.59 Å². The normalized spacial score (nSPS) is 11.7. The number of carbonyl (C=O) groups excluding carboxylic acids is 2. The van der Waals surface area contributed by atoms with E-state index >= 15 is 0 Å². The van der Waals surface area contributed by atoms with Crippen molar-refractivity contribution in [1.82, 2.24) is 10.2 Å². The van der Waals surface area contributed by atoms with Crippen LogP contribution in [0.1, 0.15) is 48.9 Å². The molecule has 0 spiro atoms. The molecule has 150 valence electrons. The standard InChI is InChI=1S/C24H32N2O2/c1-5-15-25-24(28)22(6-2)26(17-20-13-11-18(3)12-14-20)23(27)16-21-10-8-7-9-19(21)4/h7-14,22H,5-6,15-17H2,1-4H3,(H,25,28)/t22-/m0/s1. The molecule has 28 heavy (non-hydrogen) atoms. The number of amides is 2. The topological polar surface area (TPSA) is 49.4 Å². The smallest absolute Gasteiger partial charge is 0.242 e. The van der Waals surface area contributed by atoms with Crippen LogP contribution in [0.3, 0.4) is 0 Å². The lowest BCUT2D eigenvalue weighted by Crippen LogP contribution is -2.49. The zero-order valence-corrected chi connectivity index (χ0v) is 17.5. The van der Waals surface area contributed by atoms with Gasteiger partial charge in [0.25, 0.3) is 0 Å². The first-order valence-electron chi connectivity index (χ1n) is 10.1. The van der Waals surface area contributed by atoms with Crippen molar-refractivity contribution in [2.75, 3.05) is 6.54 Å². The second kappa shape index (κ2) is 10.6. The Balaban J connectivity index is 2.27. The Morgan fingerprint density at radius 2 is 1.68 bits per heavy atom. The Hall–Kier alpha value is -2.62. The summed E-state index contributed by atoms with van der Waals surface area (Å²) >= 11 is 0. The van der Waals surface area contributed by atoms with Crippen LogP contribution in [0.25, 0.3) is 0 Å². The highest BCUT2D eigenvalue weighted by Crippen LogP contribution is 2.16. The summed E-state index contributed by atoms with van der Waals surface area (Å²) in [6, 6.07) is 15.6. The molecule has 0 radical (unpaired) electrons.